The molecule has 21 heavy (non-hydrogen) atoms. The largest absolute Gasteiger partial charge is 0.506 e. The first-order chi connectivity index (χ1) is 10.1. The summed E-state index contributed by atoms with van der Waals surface area (Å²) in [6.45, 7) is 5.42. The second kappa shape index (κ2) is 7.23. The van der Waals surface area contributed by atoms with Crippen molar-refractivity contribution in [2.45, 2.75) is 20.4 Å². The molecule has 0 aliphatic rings. The third-order valence-electron chi connectivity index (χ3n) is 2.97. The number of nitrogens with one attached hydrogen (secondary N) is 1. The second-order valence-electron chi connectivity index (χ2n) is 5.33. The van der Waals surface area contributed by atoms with Crippen LogP contribution >= 0.6 is 11.6 Å². The van der Waals surface area contributed by atoms with Gasteiger partial charge >= 0.3 is 0 Å². The number of phenols is 1. The van der Waals surface area contributed by atoms with E-state index >= 15 is 0 Å². The van der Waals surface area contributed by atoms with E-state index in [2.05, 4.69) is 19.2 Å². The van der Waals surface area contributed by atoms with Gasteiger partial charge in [0.25, 0.3) is 0 Å². The first-order valence-electron chi connectivity index (χ1n) is 6.99. The van der Waals surface area contributed by atoms with Crippen molar-refractivity contribution in [2.75, 3.05) is 11.9 Å². The van der Waals surface area contributed by atoms with Gasteiger partial charge in [0.2, 0.25) is 0 Å². The Hall–Kier alpha value is -1.87. The van der Waals surface area contributed by atoms with E-state index in [-0.39, 0.29) is 5.75 Å². The molecule has 0 bridgehead atoms. The van der Waals surface area contributed by atoms with Crippen LogP contribution in [-0.2, 0) is 6.54 Å². The van der Waals surface area contributed by atoms with E-state index in [9.17, 15) is 5.11 Å². The van der Waals surface area contributed by atoms with Gasteiger partial charge in [-0.05, 0) is 24.1 Å². The molecule has 0 amide bonds. The van der Waals surface area contributed by atoms with Gasteiger partial charge in [-0.15, -0.1) is 0 Å². The normalized spacial score (nSPS) is 10.7. The van der Waals surface area contributed by atoms with Gasteiger partial charge in [-0.1, -0.05) is 43.6 Å². The monoisotopic (exact) mass is 305 g/mol. The van der Waals surface area contributed by atoms with Crippen LogP contribution in [0.1, 0.15) is 19.4 Å². The van der Waals surface area contributed by atoms with Crippen molar-refractivity contribution in [2.24, 2.45) is 5.92 Å². The minimum Gasteiger partial charge on any atom is -0.506 e. The van der Waals surface area contributed by atoms with E-state index in [0.717, 1.165) is 17.0 Å². The molecule has 3 nitrogen and oxygen atoms in total. The summed E-state index contributed by atoms with van der Waals surface area (Å²) in [4.78, 5) is 0. The number of ether oxygens (including phenoxy) is 1. The lowest BCUT2D eigenvalue weighted by Crippen LogP contribution is -2.05. The number of hydrogen-bond acceptors (Lipinski definition) is 3. The predicted molar refractivity (Wildman–Crippen MR) is 87.2 cm³/mol. The van der Waals surface area contributed by atoms with Crippen LogP contribution in [-0.4, -0.2) is 11.7 Å². The Balaban J connectivity index is 2.00. The number of phenolic OH excluding ortho intramolecular Hbond substituents is 1. The highest BCUT2D eigenvalue weighted by molar-refractivity contribution is 6.32. The molecule has 0 aromatic heterocycles. The molecule has 112 valence electrons. The van der Waals surface area contributed by atoms with Gasteiger partial charge < -0.3 is 15.2 Å². The molecule has 2 aromatic carbocycles. The highest BCUT2D eigenvalue weighted by Gasteiger charge is 2.05. The Labute approximate surface area is 130 Å². The second-order valence-corrected chi connectivity index (χ2v) is 5.74. The van der Waals surface area contributed by atoms with Crippen LogP contribution in [0.5, 0.6) is 11.5 Å². The third-order valence-corrected chi connectivity index (χ3v) is 3.28. The minimum absolute atomic E-state index is 0.124. The number of benzene rings is 2. The summed E-state index contributed by atoms with van der Waals surface area (Å²) in [5.41, 5.74) is 1.70. The summed E-state index contributed by atoms with van der Waals surface area (Å²) < 4.78 is 5.69. The Morgan fingerprint density at radius 3 is 2.71 bits per heavy atom. The number of para-hydroxylation sites is 1. The van der Waals surface area contributed by atoms with Gasteiger partial charge in [-0.25, -0.2) is 0 Å². The van der Waals surface area contributed by atoms with Crippen LogP contribution in [0.3, 0.4) is 0 Å². The molecule has 0 atom stereocenters. The molecular weight excluding hydrogens is 286 g/mol. The van der Waals surface area contributed by atoms with Gasteiger partial charge in [0.1, 0.15) is 11.5 Å². The molecule has 0 unspecified atom stereocenters. The molecule has 0 saturated heterocycles. The molecule has 0 fully saturated rings. The predicted octanol–water partition coefficient (Wildman–Crippen LogP) is 4.69. The Kier molecular flexibility index (Phi) is 5.34. The Morgan fingerprint density at radius 1 is 1.19 bits per heavy atom. The number of anilines is 1. The van der Waals surface area contributed by atoms with Gasteiger partial charge in [-0.3, -0.25) is 0 Å². The van der Waals surface area contributed by atoms with E-state index in [4.69, 9.17) is 16.3 Å². The van der Waals surface area contributed by atoms with E-state index in [1.165, 1.54) is 0 Å². The lowest BCUT2D eigenvalue weighted by Gasteiger charge is -2.12. The van der Waals surface area contributed by atoms with Crippen molar-refractivity contribution >= 4 is 17.3 Å². The van der Waals surface area contributed by atoms with E-state index < -0.39 is 0 Å². The topological polar surface area (TPSA) is 41.5 Å². The van der Waals surface area contributed by atoms with Gasteiger partial charge in [0.15, 0.2) is 0 Å². The zero-order valence-electron chi connectivity index (χ0n) is 12.3. The smallest absolute Gasteiger partial charge is 0.139 e. The maximum atomic E-state index is 9.88. The molecule has 0 saturated carbocycles. The number of hydrogen-bond donors (Lipinski definition) is 2. The van der Waals surface area contributed by atoms with Crippen LogP contribution in [0.15, 0.2) is 42.5 Å². The lowest BCUT2D eigenvalue weighted by molar-refractivity contribution is 0.271. The highest BCUT2D eigenvalue weighted by atomic mass is 35.5. The summed E-state index contributed by atoms with van der Waals surface area (Å²) in [5, 5.41) is 13.5. The van der Waals surface area contributed by atoms with Crippen molar-refractivity contribution in [3.05, 3.63) is 53.1 Å². The fourth-order valence-electron chi connectivity index (χ4n) is 1.86. The Morgan fingerprint density at radius 2 is 1.95 bits per heavy atom. The number of rotatable bonds is 6. The van der Waals surface area contributed by atoms with Gasteiger partial charge in [-0.2, -0.15) is 0 Å². The number of halogens is 1. The molecule has 2 rings (SSSR count). The summed E-state index contributed by atoms with van der Waals surface area (Å²) >= 11 is 5.89. The van der Waals surface area contributed by atoms with Gasteiger partial charge in [0, 0.05) is 23.9 Å². The maximum absolute atomic E-state index is 9.88. The van der Waals surface area contributed by atoms with E-state index in [1.54, 1.807) is 6.07 Å². The zero-order chi connectivity index (χ0) is 15.2. The summed E-state index contributed by atoms with van der Waals surface area (Å²) in [5.74, 6) is 1.45. The molecule has 0 radical (unpaired) electrons. The molecule has 2 N–H and O–H groups in total. The first kappa shape index (κ1) is 15.5. The van der Waals surface area contributed by atoms with Crippen LogP contribution in [0, 0.1) is 5.92 Å². The van der Waals surface area contributed by atoms with Crippen molar-refractivity contribution in [3.63, 3.8) is 0 Å². The van der Waals surface area contributed by atoms with Crippen LogP contribution < -0.4 is 10.1 Å². The number of aromatic hydroxyl groups is 1. The quantitative estimate of drug-likeness (QED) is 0.813. The summed E-state index contributed by atoms with van der Waals surface area (Å²) in [6.07, 6.45) is 0. The van der Waals surface area contributed by atoms with Crippen molar-refractivity contribution in [1.82, 2.24) is 0 Å². The van der Waals surface area contributed by atoms with E-state index in [0.29, 0.717) is 24.1 Å². The zero-order valence-corrected chi connectivity index (χ0v) is 13.0. The average Bonchev–Trinajstić information content (AvgIpc) is 2.47. The lowest BCUT2D eigenvalue weighted by atomic mass is 10.2. The van der Waals surface area contributed by atoms with E-state index in [1.807, 2.05) is 36.4 Å². The standard InChI is InChI=1S/C17H20ClNO2/c1-12(2)11-21-15-7-4-6-14(9-15)19-10-13-5-3-8-16(18)17(13)20/h3-9,12,19-20H,10-11H2,1-2H3. The molecule has 4 heteroatoms. The third kappa shape index (κ3) is 4.57. The van der Waals surface area contributed by atoms with Crippen LogP contribution in [0.25, 0.3) is 0 Å². The van der Waals surface area contributed by atoms with Crippen LogP contribution in [0.4, 0.5) is 5.69 Å². The minimum atomic E-state index is 0.124. The fraction of sp³-hybridized carbons (Fsp3) is 0.294. The SMILES string of the molecule is CC(C)COc1cccc(NCc2cccc(Cl)c2O)c1. The van der Waals surface area contributed by atoms with Crippen molar-refractivity contribution in [1.29, 1.82) is 0 Å². The molecule has 0 heterocycles. The summed E-state index contributed by atoms with van der Waals surface area (Å²) in [6, 6.07) is 13.1. The van der Waals surface area contributed by atoms with Gasteiger partial charge in [0.05, 0.1) is 11.6 Å². The first-order valence-corrected chi connectivity index (χ1v) is 7.37. The summed E-state index contributed by atoms with van der Waals surface area (Å²) in [7, 11) is 0. The maximum Gasteiger partial charge on any atom is 0.139 e. The average molecular weight is 306 g/mol. The molecular formula is C17H20ClNO2. The highest BCUT2D eigenvalue weighted by Crippen LogP contribution is 2.28. The Bertz CT molecular complexity index is 599. The van der Waals surface area contributed by atoms with Crippen molar-refractivity contribution < 1.29 is 9.84 Å². The molecule has 0 aliphatic carbocycles. The molecule has 2 aromatic rings. The van der Waals surface area contributed by atoms with Crippen LogP contribution in [0.2, 0.25) is 5.02 Å². The van der Waals surface area contributed by atoms with Crippen molar-refractivity contribution in [3.8, 4) is 11.5 Å². The molecule has 0 aliphatic heterocycles. The molecule has 0 spiro atoms. The fourth-order valence-corrected chi connectivity index (χ4v) is 2.05.